The molecular weight excluding hydrogens is 304 g/mol. The molecule has 2 atom stereocenters. The third-order valence-electron chi connectivity index (χ3n) is 2.56. The van der Waals surface area contributed by atoms with Gasteiger partial charge in [0, 0.05) is 43.3 Å². The van der Waals surface area contributed by atoms with Crippen LogP contribution in [0.1, 0.15) is 0 Å². The molecule has 0 amide bonds. The summed E-state index contributed by atoms with van der Waals surface area (Å²) in [5, 5.41) is 1.80. The van der Waals surface area contributed by atoms with Crippen LogP contribution in [0.2, 0.25) is 0 Å². The fourth-order valence-corrected chi connectivity index (χ4v) is 7.05. The van der Waals surface area contributed by atoms with Gasteiger partial charge in [-0.05, 0) is 12.1 Å². The second-order valence-corrected chi connectivity index (χ2v) is 10.2. The average Bonchev–Trinajstić information content (AvgIpc) is 3.09. The van der Waals surface area contributed by atoms with Crippen molar-refractivity contribution in [1.29, 1.82) is 0 Å². The zero-order valence-corrected chi connectivity index (χ0v) is 13.4. The van der Waals surface area contributed by atoms with Gasteiger partial charge in [0.2, 0.25) is 0 Å². The Bertz CT molecular complexity index is 373. The summed E-state index contributed by atoms with van der Waals surface area (Å²) in [7, 11) is 4.05. The van der Waals surface area contributed by atoms with Crippen LogP contribution in [0, 0.1) is 0 Å². The van der Waals surface area contributed by atoms with Crippen LogP contribution in [-0.2, 0) is 0 Å². The van der Waals surface area contributed by atoms with E-state index in [0.717, 1.165) is 10.5 Å². The molecule has 0 aromatic heterocycles. The van der Waals surface area contributed by atoms with Gasteiger partial charge in [-0.15, -0.1) is 23.5 Å². The fraction of sp³-hybridized carbons (Fsp3) is 0.500. The van der Waals surface area contributed by atoms with Crippen molar-refractivity contribution in [3.63, 3.8) is 0 Å². The molecule has 0 saturated carbocycles. The maximum atomic E-state index is 2.28. The van der Waals surface area contributed by atoms with Crippen LogP contribution < -0.4 is 0 Å². The van der Waals surface area contributed by atoms with Gasteiger partial charge in [-0.2, -0.15) is 11.8 Å². The third kappa shape index (κ3) is 3.96. The summed E-state index contributed by atoms with van der Waals surface area (Å²) in [6, 6.07) is 8.90. The Kier molecular flexibility index (Phi) is 4.90. The van der Waals surface area contributed by atoms with Crippen molar-refractivity contribution >= 4 is 56.9 Å². The lowest BCUT2D eigenvalue weighted by Gasteiger charge is -2.23. The van der Waals surface area contributed by atoms with Crippen LogP contribution in [0.25, 0.3) is 0 Å². The van der Waals surface area contributed by atoms with Gasteiger partial charge in [-0.3, -0.25) is 0 Å². The summed E-state index contributed by atoms with van der Waals surface area (Å²) in [4.78, 5) is 2.97. The summed E-state index contributed by atoms with van der Waals surface area (Å²) in [6.45, 7) is 0. The normalized spacial score (nSPS) is 26.6. The summed E-state index contributed by atoms with van der Waals surface area (Å²) < 4.78 is 0. The van der Waals surface area contributed by atoms with Gasteiger partial charge in [-0.25, -0.2) is 0 Å². The lowest BCUT2D eigenvalue weighted by molar-refractivity contribution is 1.13. The van der Waals surface area contributed by atoms with Crippen molar-refractivity contribution in [2.24, 2.45) is 0 Å². The SMILES string of the molecule is c1ccc(SCC2CSS2)c(SCC2CS2)c1. The van der Waals surface area contributed by atoms with Gasteiger partial charge in [0.25, 0.3) is 0 Å². The second-order valence-electron chi connectivity index (χ2n) is 4.03. The predicted octanol–water partition coefficient (Wildman–Crippen LogP) is 4.75. The molecule has 2 unspecified atom stereocenters. The molecule has 0 bridgehead atoms. The van der Waals surface area contributed by atoms with E-state index in [1.807, 2.05) is 45.1 Å². The summed E-state index contributed by atoms with van der Waals surface area (Å²) in [5.74, 6) is 5.27. The van der Waals surface area contributed by atoms with Crippen molar-refractivity contribution < 1.29 is 0 Å². The van der Waals surface area contributed by atoms with Gasteiger partial charge in [-0.1, -0.05) is 33.7 Å². The van der Waals surface area contributed by atoms with Crippen LogP contribution in [0.3, 0.4) is 0 Å². The third-order valence-corrected chi connectivity index (χ3v) is 9.68. The Morgan fingerprint density at radius 3 is 2.06 bits per heavy atom. The van der Waals surface area contributed by atoms with Crippen molar-refractivity contribution in [3.05, 3.63) is 24.3 Å². The Labute approximate surface area is 124 Å². The highest BCUT2D eigenvalue weighted by Gasteiger charge is 2.23. The molecule has 0 aliphatic carbocycles. The minimum Gasteiger partial charge on any atom is -0.156 e. The molecule has 5 heteroatoms. The van der Waals surface area contributed by atoms with E-state index >= 15 is 0 Å². The first-order valence-corrected chi connectivity index (χ1v) is 11.1. The lowest BCUT2D eigenvalue weighted by Crippen LogP contribution is -2.15. The van der Waals surface area contributed by atoms with E-state index in [1.165, 1.54) is 32.8 Å². The molecule has 2 aliphatic rings. The first-order valence-electron chi connectivity index (χ1n) is 5.66. The van der Waals surface area contributed by atoms with E-state index in [2.05, 4.69) is 36.0 Å². The van der Waals surface area contributed by atoms with Crippen LogP contribution in [0.4, 0.5) is 0 Å². The maximum absolute atomic E-state index is 2.28. The van der Waals surface area contributed by atoms with Gasteiger partial charge in [0.05, 0.1) is 0 Å². The topological polar surface area (TPSA) is 0 Å². The van der Waals surface area contributed by atoms with Crippen LogP contribution >= 0.6 is 56.9 Å². The zero-order valence-electron chi connectivity index (χ0n) is 9.33. The van der Waals surface area contributed by atoms with Crippen molar-refractivity contribution in [2.75, 3.05) is 23.0 Å². The van der Waals surface area contributed by atoms with E-state index in [1.54, 1.807) is 0 Å². The lowest BCUT2D eigenvalue weighted by atomic mass is 10.4. The molecule has 2 fully saturated rings. The van der Waals surface area contributed by atoms with Crippen molar-refractivity contribution in [2.45, 2.75) is 20.3 Å². The monoisotopic (exact) mass is 318 g/mol. The number of hydrogen-bond acceptors (Lipinski definition) is 5. The molecule has 2 heterocycles. The standard InChI is InChI=1S/C12H14S5/c1-2-4-12(15-7-10-8-16-17-10)11(3-1)14-6-9-5-13-9/h1-4,9-10H,5-8H2. The Morgan fingerprint density at radius 1 is 1.00 bits per heavy atom. The van der Waals surface area contributed by atoms with Crippen LogP contribution in [0.5, 0.6) is 0 Å². The molecule has 92 valence electrons. The molecule has 0 radical (unpaired) electrons. The van der Waals surface area contributed by atoms with E-state index in [-0.39, 0.29) is 0 Å². The average molecular weight is 319 g/mol. The van der Waals surface area contributed by atoms with Crippen molar-refractivity contribution in [3.8, 4) is 0 Å². The first-order chi connectivity index (χ1) is 8.42. The van der Waals surface area contributed by atoms with Gasteiger partial charge in [0.1, 0.15) is 0 Å². The van der Waals surface area contributed by atoms with E-state index in [4.69, 9.17) is 0 Å². The Morgan fingerprint density at radius 2 is 1.59 bits per heavy atom. The van der Waals surface area contributed by atoms with E-state index < -0.39 is 0 Å². The quantitative estimate of drug-likeness (QED) is 0.420. The molecule has 0 nitrogen and oxygen atoms in total. The van der Waals surface area contributed by atoms with Crippen molar-refractivity contribution in [1.82, 2.24) is 0 Å². The predicted molar refractivity (Wildman–Crippen MR) is 88.0 cm³/mol. The number of rotatable bonds is 6. The Hall–Kier alpha value is 0.970. The Balaban J connectivity index is 1.55. The minimum atomic E-state index is 0.877. The molecule has 1 aromatic rings. The number of benzene rings is 1. The fourth-order valence-electron chi connectivity index (χ4n) is 1.46. The van der Waals surface area contributed by atoms with Crippen LogP contribution in [-0.4, -0.2) is 33.5 Å². The second kappa shape index (κ2) is 6.42. The molecule has 3 rings (SSSR count). The molecule has 0 spiro atoms. The van der Waals surface area contributed by atoms with Gasteiger partial charge >= 0.3 is 0 Å². The highest BCUT2D eigenvalue weighted by Crippen LogP contribution is 2.44. The molecule has 2 aliphatic heterocycles. The molecule has 17 heavy (non-hydrogen) atoms. The largest absolute Gasteiger partial charge is 0.156 e. The summed E-state index contributed by atoms with van der Waals surface area (Å²) in [6.07, 6.45) is 0. The number of thioether (sulfide) groups is 3. The minimum absolute atomic E-state index is 0.877. The molecular formula is C12H14S5. The highest BCUT2D eigenvalue weighted by atomic mass is 33.1. The van der Waals surface area contributed by atoms with Crippen LogP contribution in [0.15, 0.2) is 34.1 Å². The molecule has 0 N–H and O–H groups in total. The first kappa shape index (κ1) is 13.0. The van der Waals surface area contributed by atoms with Gasteiger partial charge in [0.15, 0.2) is 0 Å². The summed E-state index contributed by atoms with van der Waals surface area (Å²) >= 11 is 6.17. The summed E-state index contributed by atoms with van der Waals surface area (Å²) in [5.41, 5.74) is 0. The molecule has 2 saturated heterocycles. The van der Waals surface area contributed by atoms with Gasteiger partial charge < -0.3 is 0 Å². The number of hydrogen-bond donors (Lipinski definition) is 0. The molecule has 1 aromatic carbocycles. The smallest absolute Gasteiger partial charge is 0.0344 e. The maximum Gasteiger partial charge on any atom is 0.0344 e. The zero-order chi connectivity index (χ0) is 11.5. The van der Waals surface area contributed by atoms with E-state index in [9.17, 15) is 0 Å². The highest BCUT2D eigenvalue weighted by molar-refractivity contribution is 8.79. The van der Waals surface area contributed by atoms with E-state index in [0.29, 0.717) is 0 Å².